The Hall–Kier alpha value is -0.730. The van der Waals surface area contributed by atoms with Gasteiger partial charge in [-0.25, -0.2) is 0 Å². The quantitative estimate of drug-likeness (QED) is 0.620. The van der Waals surface area contributed by atoms with Crippen LogP contribution in [0.15, 0.2) is 53.4 Å². The second-order valence-electron chi connectivity index (χ2n) is 6.00. The van der Waals surface area contributed by atoms with Crippen molar-refractivity contribution < 1.29 is 0 Å². The standard InChI is InChI=1S/C19H21BrS/c1-14-6-8-15(9-7-14)10-16(13-20)11-18-12-17-4-2-3-5-19(17)21-18/h2-9,16,18H,10-13H2,1H3. The zero-order valence-corrected chi connectivity index (χ0v) is 14.8. The SMILES string of the molecule is Cc1ccc(CC(CBr)CC2Cc3ccccc3S2)cc1. The largest absolute Gasteiger partial charge is 0.122 e. The van der Waals surface area contributed by atoms with Gasteiger partial charge in [0.2, 0.25) is 0 Å². The minimum atomic E-state index is 0.722. The Kier molecular flexibility index (Phi) is 5.07. The van der Waals surface area contributed by atoms with Crippen molar-refractivity contribution in [1.82, 2.24) is 0 Å². The van der Waals surface area contributed by atoms with E-state index in [4.69, 9.17) is 0 Å². The molecule has 2 heteroatoms. The van der Waals surface area contributed by atoms with Crippen LogP contribution in [0.4, 0.5) is 0 Å². The van der Waals surface area contributed by atoms with Crippen molar-refractivity contribution in [3.8, 4) is 0 Å². The highest BCUT2D eigenvalue weighted by molar-refractivity contribution is 9.09. The van der Waals surface area contributed by atoms with Crippen LogP contribution in [0.2, 0.25) is 0 Å². The van der Waals surface area contributed by atoms with E-state index in [0.29, 0.717) is 0 Å². The van der Waals surface area contributed by atoms with Crippen LogP contribution in [-0.4, -0.2) is 10.6 Å². The fourth-order valence-corrected chi connectivity index (χ4v) is 4.96. The molecule has 0 radical (unpaired) electrons. The van der Waals surface area contributed by atoms with Crippen LogP contribution >= 0.6 is 27.7 Å². The van der Waals surface area contributed by atoms with Crippen LogP contribution in [0.5, 0.6) is 0 Å². The summed E-state index contributed by atoms with van der Waals surface area (Å²) in [5.74, 6) is 0.722. The molecule has 2 atom stereocenters. The van der Waals surface area contributed by atoms with E-state index in [2.05, 4.69) is 83.1 Å². The number of halogens is 1. The van der Waals surface area contributed by atoms with Crippen LogP contribution in [0.3, 0.4) is 0 Å². The number of alkyl halides is 1. The maximum absolute atomic E-state index is 3.72. The van der Waals surface area contributed by atoms with Gasteiger partial charge in [0.1, 0.15) is 0 Å². The molecule has 0 nitrogen and oxygen atoms in total. The number of fused-ring (bicyclic) bond motifs is 1. The molecule has 1 heterocycles. The molecule has 0 spiro atoms. The van der Waals surface area contributed by atoms with Crippen LogP contribution in [0.25, 0.3) is 0 Å². The molecule has 1 aliphatic heterocycles. The van der Waals surface area contributed by atoms with Crippen molar-refractivity contribution in [2.75, 3.05) is 5.33 Å². The molecule has 0 saturated heterocycles. The fraction of sp³-hybridized carbons (Fsp3) is 0.368. The van der Waals surface area contributed by atoms with Gasteiger partial charge in [-0.05, 0) is 49.3 Å². The Balaban J connectivity index is 1.60. The van der Waals surface area contributed by atoms with Crippen LogP contribution in [0.1, 0.15) is 23.1 Å². The molecule has 1 aliphatic rings. The van der Waals surface area contributed by atoms with Crippen molar-refractivity contribution in [2.45, 2.75) is 36.3 Å². The van der Waals surface area contributed by atoms with Gasteiger partial charge in [-0.2, -0.15) is 0 Å². The van der Waals surface area contributed by atoms with Gasteiger partial charge < -0.3 is 0 Å². The molecule has 110 valence electrons. The van der Waals surface area contributed by atoms with E-state index < -0.39 is 0 Å². The molecule has 0 amide bonds. The predicted octanol–water partition coefficient (Wildman–Crippen LogP) is 5.66. The van der Waals surface area contributed by atoms with E-state index in [0.717, 1.165) is 16.5 Å². The first-order valence-corrected chi connectivity index (χ1v) is 9.61. The molecule has 3 rings (SSSR count). The van der Waals surface area contributed by atoms with Gasteiger partial charge in [0.15, 0.2) is 0 Å². The summed E-state index contributed by atoms with van der Waals surface area (Å²) >= 11 is 5.79. The summed E-state index contributed by atoms with van der Waals surface area (Å²) in [4.78, 5) is 1.49. The highest BCUT2D eigenvalue weighted by atomic mass is 79.9. The first-order valence-electron chi connectivity index (χ1n) is 7.60. The fourth-order valence-electron chi connectivity index (χ4n) is 3.02. The summed E-state index contributed by atoms with van der Waals surface area (Å²) in [5.41, 5.74) is 4.35. The van der Waals surface area contributed by atoms with Gasteiger partial charge in [0.05, 0.1) is 0 Å². The van der Waals surface area contributed by atoms with Crippen LogP contribution in [0, 0.1) is 12.8 Å². The third-order valence-corrected chi connectivity index (χ3v) is 6.43. The highest BCUT2D eigenvalue weighted by Crippen LogP contribution is 2.40. The number of aryl methyl sites for hydroxylation is 1. The Morgan fingerprint density at radius 2 is 1.90 bits per heavy atom. The lowest BCUT2D eigenvalue weighted by molar-refractivity contribution is 0.530. The summed E-state index contributed by atoms with van der Waals surface area (Å²) in [7, 11) is 0. The molecule has 0 fully saturated rings. The molecular formula is C19H21BrS. The van der Waals surface area contributed by atoms with E-state index in [1.807, 2.05) is 0 Å². The number of rotatable bonds is 5. The molecule has 21 heavy (non-hydrogen) atoms. The number of thioether (sulfide) groups is 1. The zero-order valence-electron chi connectivity index (χ0n) is 12.4. The number of hydrogen-bond acceptors (Lipinski definition) is 1. The molecule has 0 aromatic heterocycles. The molecule has 0 bridgehead atoms. The van der Waals surface area contributed by atoms with Gasteiger partial charge in [-0.3, -0.25) is 0 Å². The van der Waals surface area contributed by atoms with Crippen LogP contribution < -0.4 is 0 Å². The molecule has 2 unspecified atom stereocenters. The van der Waals surface area contributed by atoms with E-state index >= 15 is 0 Å². The lowest BCUT2D eigenvalue weighted by Gasteiger charge is -2.18. The topological polar surface area (TPSA) is 0 Å². The zero-order chi connectivity index (χ0) is 14.7. The Morgan fingerprint density at radius 3 is 2.62 bits per heavy atom. The summed E-state index contributed by atoms with van der Waals surface area (Å²) in [6.07, 6.45) is 3.70. The summed E-state index contributed by atoms with van der Waals surface area (Å²) in [6.45, 7) is 2.15. The second-order valence-corrected chi connectivity index (χ2v) is 7.99. The summed E-state index contributed by atoms with van der Waals surface area (Å²) in [5, 5.41) is 1.84. The minimum absolute atomic E-state index is 0.722. The van der Waals surface area contributed by atoms with Crippen molar-refractivity contribution in [1.29, 1.82) is 0 Å². The van der Waals surface area contributed by atoms with Gasteiger partial charge in [-0.1, -0.05) is 64.0 Å². The number of benzene rings is 2. The average molecular weight is 361 g/mol. The lowest BCUT2D eigenvalue weighted by Crippen LogP contribution is -2.14. The molecule has 2 aromatic rings. The Bertz CT molecular complexity index is 566. The van der Waals surface area contributed by atoms with Crippen LogP contribution in [-0.2, 0) is 12.8 Å². The van der Waals surface area contributed by atoms with Gasteiger partial charge in [0, 0.05) is 15.5 Å². The smallest absolute Gasteiger partial charge is 0.0138 e. The third-order valence-electron chi connectivity index (χ3n) is 4.17. The molecule has 2 aromatic carbocycles. The van der Waals surface area contributed by atoms with E-state index in [9.17, 15) is 0 Å². The number of hydrogen-bond donors (Lipinski definition) is 0. The summed E-state index contributed by atoms with van der Waals surface area (Å²) in [6, 6.07) is 17.9. The monoisotopic (exact) mass is 360 g/mol. The average Bonchev–Trinajstić information content (AvgIpc) is 2.91. The van der Waals surface area contributed by atoms with Gasteiger partial charge >= 0.3 is 0 Å². The third kappa shape index (κ3) is 3.92. The minimum Gasteiger partial charge on any atom is -0.122 e. The van der Waals surface area contributed by atoms with E-state index in [1.54, 1.807) is 0 Å². The molecule has 0 N–H and O–H groups in total. The first kappa shape index (κ1) is 15.2. The first-order chi connectivity index (χ1) is 10.2. The predicted molar refractivity (Wildman–Crippen MR) is 96.6 cm³/mol. The van der Waals surface area contributed by atoms with Crippen molar-refractivity contribution in [3.05, 3.63) is 65.2 Å². The van der Waals surface area contributed by atoms with Crippen molar-refractivity contribution in [3.63, 3.8) is 0 Å². The van der Waals surface area contributed by atoms with E-state index in [-0.39, 0.29) is 0 Å². The lowest BCUT2D eigenvalue weighted by atomic mass is 9.94. The normalized spacial score (nSPS) is 18.5. The molecule has 0 aliphatic carbocycles. The Morgan fingerprint density at radius 1 is 1.14 bits per heavy atom. The molecule has 0 saturated carbocycles. The van der Waals surface area contributed by atoms with Gasteiger partial charge in [0.25, 0.3) is 0 Å². The maximum Gasteiger partial charge on any atom is 0.0138 e. The summed E-state index contributed by atoms with van der Waals surface area (Å²) < 4.78 is 0. The Labute approximate surface area is 140 Å². The van der Waals surface area contributed by atoms with E-state index in [1.165, 1.54) is 40.8 Å². The highest BCUT2D eigenvalue weighted by Gasteiger charge is 2.24. The van der Waals surface area contributed by atoms with Gasteiger partial charge in [-0.15, -0.1) is 11.8 Å². The second kappa shape index (κ2) is 7.02. The maximum atomic E-state index is 3.72. The van der Waals surface area contributed by atoms with Crippen molar-refractivity contribution in [2.24, 2.45) is 5.92 Å². The van der Waals surface area contributed by atoms with Crippen molar-refractivity contribution >= 4 is 27.7 Å². The molecular weight excluding hydrogens is 340 g/mol.